The second-order valence-corrected chi connectivity index (χ2v) is 18.4. The zero-order valence-corrected chi connectivity index (χ0v) is 37.6. The minimum absolute atomic E-state index is 0.0466. The van der Waals surface area contributed by atoms with E-state index in [1.165, 1.54) is 14.2 Å². The minimum atomic E-state index is -2.78. The maximum atomic E-state index is 14.3. The molecule has 3 aromatic carbocycles. The molecule has 0 spiro atoms. The Morgan fingerprint density at radius 3 is 1.86 bits per heavy atom. The minimum Gasteiger partial charge on any atom is -0.453 e. The van der Waals surface area contributed by atoms with Gasteiger partial charge in [-0.1, -0.05) is 24.0 Å². The topological polar surface area (TPSA) is 184 Å². The Balaban J connectivity index is 0.924. The van der Waals surface area contributed by atoms with Gasteiger partial charge in [0.1, 0.15) is 23.7 Å². The predicted octanol–water partition coefficient (Wildman–Crippen LogP) is 7.80. The van der Waals surface area contributed by atoms with Crippen LogP contribution >= 0.6 is 0 Å². The van der Waals surface area contributed by atoms with Gasteiger partial charge in [0.05, 0.1) is 48.4 Å². The number of H-pyrrole nitrogens is 2. The number of methoxy groups -OCH3 is 2. The van der Waals surface area contributed by atoms with Crippen molar-refractivity contribution in [1.29, 1.82) is 0 Å². The maximum Gasteiger partial charge on any atom is 0.407 e. The van der Waals surface area contributed by atoms with Crippen LogP contribution in [0.15, 0.2) is 48.5 Å². The van der Waals surface area contributed by atoms with Gasteiger partial charge < -0.3 is 44.6 Å². The van der Waals surface area contributed by atoms with Crippen LogP contribution < -0.4 is 10.6 Å². The van der Waals surface area contributed by atoms with Crippen molar-refractivity contribution in [1.82, 2.24) is 40.4 Å². The molecule has 9 rings (SSSR count). The van der Waals surface area contributed by atoms with Crippen molar-refractivity contribution in [2.24, 2.45) is 11.8 Å². The Labute approximate surface area is 381 Å². The molecule has 3 saturated heterocycles. The molecular formula is C49H56F2N8O7. The molecule has 2 aromatic heterocycles. The van der Waals surface area contributed by atoms with Gasteiger partial charge in [-0.3, -0.25) is 9.59 Å². The van der Waals surface area contributed by atoms with Gasteiger partial charge in [-0.25, -0.2) is 28.3 Å². The number of hydrogen-bond donors (Lipinski definition) is 4. The molecule has 4 amide bonds. The van der Waals surface area contributed by atoms with Gasteiger partial charge in [0.15, 0.2) is 0 Å². The van der Waals surface area contributed by atoms with Gasteiger partial charge in [-0.2, -0.15) is 0 Å². The lowest BCUT2D eigenvalue weighted by atomic mass is 9.81. The smallest absolute Gasteiger partial charge is 0.407 e. The van der Waals surface area contributed by atoms with E-state index in [0.29, 0.717) is 56.1 Å². The number of nitrogens with zero attached hydrogens (tertiary/aromatic N) is 4. The number of amides is 4. The van der Waals surface area contributed by atoms with Crippen LogP contribution in [0.2, 0.25) is 0 Å². The molecule has 6 atom stereocenters. The summed E-state index contributed by atoms with van der Waals surface area (Å²) in [7, 11) is 2.52. The zero-order valence-electron chi connectivity index (χ0n) is 37.6. The van der Waals surface area contributed by atoms with E-state index >= 15 is 0 Å². The van der Waals surface area contributed by atoms with Crippen molar-refractivity contribution in [2.45, 2.75) is 120 Å². The summed E-state index contributed by atoms with van der Waals surface area (Å²) in [4.78, 5) is 73.9. The number of hydrogen-bond acceptors (Lipinski definition) is 9. The number of benzene rings is 3. The highest BCUT2D eigenvalue weighted by atomic mass is 19.3. The van der Waals surface area contributed by atoms with E-state index in [9.17, 15) is 28.0 Å². The highest BCUT2D eigenvalue weighted by Crippen LogP contribution is 2.42. The van der Waals surface area contributed by atoms with Crippen LogP contribution in [0.1, 0.15) is 113 Å². The predicted molar refractivity (Wildman–Crippen MR) is 241 cm³/mol. The number of halogens is 2. The summed E-state index contributed by atoms with van der Waals surface area (Å²) in [5.41, 5.74) is 4.71. The summed E-state index contributed by atoms with van der Waals surface area (Å²) >= 11 is 0. The van der Waals surface area contributed by atoms with Crippen molar-refractivity contribution in [3.63, 3.8) is 0 Å². The fourth-order valence-electron chi connectivity index (χ4n) is 10.6. The van der Waals surface area contributed by atoms with Gasteiger partial charge >= 0.3 is 12.2 Å². The van der Waals surface area contributed by atoms with Crippen LogP contribution in [-0.4, -0.2) is 111 Å². The van der Waals surface area contributed by atoms with Crippen LogP contribution in [0.5, 0.6) is 0 Å². The summed E-state index contributed by atoms with van der Waals surface area (Å²) in [6.07, 6.45) is 2.38. The number of aromatic amines is 2. The number of likely N-dealkylation sites (tertiary alicyclic amines) is 2. The average Bonchev–Trinajstić information content (AvgIpc) is 4.13. The summed E-state index contributed by atoms with van der Waals surface area (Å²) in [5.74, 6) is 4.15. The molecule has 348 valence electrons. The second kappa shape index (κ2) is 18.5. The van der Waals surface area contributed by atoms with Crippen LogP contribution in [0.4, 0.5) is 18.4 Å². The van der Waals surface area contributed by atoms with Crippen molar-refractivity contribution < 1.29 is 42.2 Å². The summed E-state index contributed by atoms with van der Waals surface area (Å²) in [6, 6.07) is 13.1. The first-order valence-electron chi connectivity index (χ1n) is 23.0. The third kappa shape index (κ3) is 8.99. The second-order valence-electron chi connectivity index (χ2n) is 18.4. The molecule has 0 bridgehead atoms. The number of rotatable bonds is 8. The molecule has 66 heavy (non-hydrogen) atoms. The van der Waals surface area contributed by atoms with Gasteiger partial charge in [0, 0.05) is 54.7 Å². The van der Waals surface area contributed by atoms with Crippen LogP contribution in [0.25, 0.3) is 32.8 Å². The third-order valence-corrected chi connectivity index (χ3v) is 14.2. The monoisotopic (exact) mass is 906 g/mol. The zero-order chi connectivity index (χ0) is 46.3. The molecule has 4 fully saturated rings. The van der Waals surface area contributed by atoms with Crippen LogP contribution in [0, 0.1) is 23.7 Å². The fraction of sp³-hybridized carbons (Fsp3) is 0.510. The normalized spacial score (nSPS) is 23.4. The highest BCUT2D eigenvalue weighted by Gasteiger charge is 2.46. The van der Waals surface area contributed by atoms with Crippen molar-refractivity contribution in [2.75, 3.05) is 27.4 Å². The molecule has 3 aliphatic heterocycles. The van der Waals surface area contributed by atoms with Crippen LogP contribution in [-0.2, 0) is 23.8 Å². The first-order valence-corrected chi connectivity index (χ1v) is 23.0. The quantitative estimate of drug-likeness (QED) is 0.113. The lowest BCUT2D eigenvalue weighted by molar-refractivity contribution is -0.139. The maximum absolute atomic E-state index is 14.3. The van der Waals surface area contributed by atoms with E-state index in [1.54, 1.807) is 4.90 Å². The molecule has 4 N–H and O–H groups in total. The molecular weight excluding hydrogens is 851 g/mol. The summed E-state index contributed by atoms with van der Waals surface area (Å²) < 4.78 is 43.5. The Bertz CT molecular complexity index is 2710. The molecule has 0 unspecified atom stereocenters. The number of imidazole rings is 2. The van der Waals surface area contributed by atoms with E-state index in [-0.39, 0.29) is 61.5 Å². The van der Waals surface area contributed by atoms with E-state index in [1.807, 2.05) is 67.3 Å². The van der Waals surface area contributed by atoms with Gasteiger partial charge in [0.25, 0.3) is 0 Å². The first kappa shape index (κ1) is 44.9. The Morgan fingerprint density at radius 1 is 0.712 bits per heavy atom. The Morgan fingerprint density at radius 2 is 1.26 bits per heavy atom. The van der Waals surface area contributed by atoms with Gasteiger partial charge in [-0.15, -0.1) is 0 Å². The van der Waals surface area contributed by atoms with Crippen molar-refractivity contribution in [3.8, 4) is 11.8 Å². The Kier molecular flexibility index (Phi) is 12.6. The molecule has 17 heteroatoms. The molecule has 15 nitrogen and oxygen atoms in total. The molecule has 1 saturated carbocycles. The number of fused-ring (bicyclic) bond motifs is 4. The van der Waals surface area contributed by atoms with Gasteiger partial charge in [0.2, 0.25) is 17.7 Å². The standard InChI is InChI=1S/C49H56F2N8O7/c1-27-5-15-38(58(27)45(60)40(56-47(62)64-3)31-17-21-49(50,51)22-18-31)43-52-35-13-10-30(26-37(35)54-43)8-7-29-9-12-34-33(25-29)11-14-36-42(34)55-44(53-36)39-16-6-28(2)59(39)46(61)41(57-48(63)65-4)32-19-23-66-24-20-32/h9-14,25-28,31-32,38-41H,5-6,15-24H2,1-4H3,(H,52,54)(H,53,55)(H,56,62)(H,57,63)/t27-,28-,38-,39-,40-,41-/m0/s1. The number of carbonyl (C=O) groups is 4. The molecule has 1 aliphatic carbocycles. The number of nitrogens with one attached hydrogen (secondary N) is 4. The molecule has 4 aliphatic rings. The SMILES string of the molecule is COC(=O)N[C@H](C(=O)N1[C@@H](C)CC[C@H]1c1nc2ccc(C#Cc3ccc4c(ccc5[nH]c([C@@H]6CC[C@H](C)N6C(=O)[C@@H](NC(=O)OC)C6CCOCC6)nc54)c3)cc2[nH]1)C1CCC(F)(F)CC1. The lowest BCUT2D eigenvalue weighted by Gasteiger charge is -2.37. The first-order chi connectivity index (χ1) is 31.8. The lowest BCUT2D eigenvalue weighted by Crippen LogP contribution is -2.54. The van der Waals surface area contributed by atoms with E-state index in [2.05, 4.69) is 32.4 Å². The van der Waals surface area contributed by atoms with E-state index < -0.39 is 42.2 Å². The molecule has 0 radical (unpaired) electrons. The number of aromatic nitrogens is 4. The third-order valence-electron chi connectivity index (χ3n) is 14.2. The summed E-state index contributed by atoms with van der Waals surface area (Å²) in [5, 5.41) is 7.42. The number of alkyl halides is 2. The number of carbonyl (C=O) groups excluding carboxylic acids is 4. The largest absolute Gasteiger partial charge is 0.453 e. The Hall–Kier alpha value is -6.28. The van der Waals surface area contributed by atoms with Crippen molar-refractivity contribution in [3.05, 3.63) is 71.3 Å². The summed E-state index contributed by atoms with van der Waals surface area (Å²) in [6.45, 7) is 5.06. The highest BCUT2D eigenvalue weighted by molar-refractivity contribution is 6.04. The van der Waals surface area contributed by atoms with E-state index in [4.69, 9.17) is 24.2 Å². The fourth-order valence-corrected chi connectivity index (χ4v) is 10.6. The van der Waals surface area contributed by atoms with E-state index in [0.717, 1.165) is 51.3 Å². The van der Waals surface area contributed by atoms with Gasteiger partial charge in [-0.05, 0) is 119 Å². The molecule has 5 heterocycles. The number of ether oxygens (including phenoxy) is 3. The van der Waals surface area contributed by atoms with Crippen LogP contribution in [0.3, 0.4) is 0 Å². The number of alkyl carbamates (subject to hydrolysis) is 2. The van der Waals surface area contributed by atoms with Crippen molar-refractivity contribution >= 4 is 56.8 Å². The average molecular weight is 907 g/mol. The molecule has 5 aromatic rings.